The Morgan fingerprint density at radius 3 is 1.70 bits per heavy atom. The van der Waals surface area contributed by atoms with Crippen LogP contribution in [0.5, 0.6) is 23.0 Å². The second-order valence-corrected chi connectivity index (χ2v) is 18.0. The fourth-order valence-electron chi connectivity index (χ4n) is 7.37. The Labute approximate surface area is 444 Å². The maximum Gasteiger partial charge on any atom is 2.00 e. The van der Waals surface area contributed by atoms with Crippen molar-refractivity contribution in [1.29, 1.82) is 0 Å². The van der Waals surface area contributed by atoms with Crippen molar-refractivity contribution in [3.05, 3.63) is 133 Å². The largest absolute Gasteiger partial charge is 2.00 e. The molecule has 0 aromatic heterocycles. The van der Waals surface area contributed by atoms with Gasteiger partial charge in [-0.25, -0.2) is 0 Å². The molecule has 0 saturated carbocycles. The van der Waals surface area contributed by atoms with Crippen LogP contribution in [0.15, 0.2) is 97.1 Å². The standard InChI is InChI=1S/C52H68I2O11.U/c1-6-40-35-38(4)41-9-19-48(20-10-41)64-51(61-33-30-56-26-25-55-7-2)52(65-49-23-11-42(40)12-24-49)62-34-31-58-28-27-57-29-32-60-39(5)63-47-21-13-43(14-22-47)45(37-53)36-50(54)44-15-17-46(18-16-44)59-8-3;/h8-24,38-40,45,50-52H,2,6-7,25-37H2,1,3-5H3;/q-2;+2. The van der Waals surface area contributed by atoms with Gasteiger partial charge < -0.3 is 59.0 Å². The minimum atomic E-state index is -0.906. The van der Waals surface area contributed by atoms with Gasteiger partial charge in [-0.15, -0.1) is 0 Å². The van der Waals surface area contributed by atoms with Gasteiger partial charge in [0.1, 0.15) is 17.2 Å². The van der Waals surface area contributed by atoms with Crippen molar-refractivity contribution in [2.45, 2.75) is 87.5 Å². The van der Waals surface area contributed by atoms with E-state index in [1.54, 1.807) is 6.61 Å². The summed E-state index contributed by atoms with van der Waals surface area (Å²) in [6.07, 6.45) is 0.899. The summed E-state index contributed by atoms with van der Waals surface area (Å²) in [7, 11) is 0. The van der Waals surface area contributed by atoms with Gasteiger partial charge in [0.2, 0.25) is 0 Å². The molecule has 11 nitrogen and oxygen atoms in total. The molecular weight excluding hydrogens is 1290 g/mol. The maximum atomic E-state index is 6.43. The molecule has 4 bridgehead atoms. The number of rotatable bonds is 29. The van der Waals surface area contributed by atoms with Crippen molar-refractivity contribution in [1.82, 2.24) is 0 Å². The van der Waals surface area contributed by atoms with Gasteiger partial charge in [0.05, 0.1) is 71.8 Å². The summed E-state index contributed by atoms with van der Waals surface area (Å²) in [4.78, 5) is 0. The van der Waals surface area contributed by atoms with Crippen LogP contribution in [0.3, 0.4) is 0 Å². The number of halogens is 2. The predicted molar refractivity (Wildman–Crippen MR) is 271 cm³/mol. The minimum Gasteiger partial charge on any atom is -0.663 e. The predicted octanol–water partition coefficient (Wildman–Crippen LogP) is 11.8. The third-order valence-electron chi connectivity index (χ3n) is 11.0. The number of ether oxygens (including phenoxy) is 11. The molecule has 360 valence electrons. The average Bonchev–Trinajstić information content (AvgIpc) is 3.33. The van der Waals surface area contributed by atoms with Gasteiger partial charge in [0.25, 0.3) is 12.6 Å². The van der Waals surface area contributed by atoms with Gasteiger partial charge in [-0.1, -0.05) is 114 Å². The molecule has 4 heterocycles. The van der Waals surface area contributed by atoms with Gasteiger partial charge in [-0.2, -0.15) is 13.5 Å². The van der Waals surface area contributed by atoms with Crippen LogP contribution in [0, 0.1) is 44.6 Å². The Balaban J connectivity index is 0.00000952. The normalized spacial score (nSPS) is 18.5. The molecule has 0 spiro atoms. The maximum absolute atomic E-state index is 6.43. The van der Waals surface area contributed by atoms with Crippen molar-refractivity contribution >= 4 is 45.2 Å². The fraction of sp³-hybridized carbons (Fsp3) is 0.500. The molecule has 4 aliphatic rings. The SMILES string of the molecule is [CH2-]COCCOCCOC1Oc2ccc(cc2)C(C)CC(CC)c2ccc(cc2)OC1OCCOCCOCCOC(C)Oc1ccc(C(CI)CC(I)c2ccc(O[CH-]C)cc2)cc1.[U+2]. The summed E-state index contributed by atoms with van der Waals surface area (Å²) in [6.45, 7) is 17.7. The van der Waals surface area contributed by atoms with Crippen molar-refractivity contribution in [2.24, 2.45) is 0 Å². The second kappa shape index (κ2) is 33.0. The van der Waals surface area contributed by atoms with Gasteiger partial charge >= 0.3 is 31.1 Å². The number of hydrogen-bond acceptors (Lipinski definition) is 11. The summed E-state index contributed by atoms with van der Waals surface area (Å²) >= 11 is 5.03. The van der Waals surface area contributed by atoms with Crippen molar-refractivity contribution in [3.8, 4) is 23.0 Å². The summed E-state index contributed by atoms with van der Waals surface area (Å²) in [5.41, 5.74) is 5.15. The first-order valence-corrected chi connectivity index (χ1v) is 25.6. The van der Waals surface area contributed by atoms with Crippen molar-refractivity contribution in [2.75, 3.05) is 77.1 Å². The molecule has 8 rings (SSSR count). The topological polar surface area (TPSA) is 102 Å². The first kappa shape index (κ1) is 56.9. The molecule has 7 unspecified atom stereocenters. The molecule has 0 saturated heterocycles. The zero-order valence-electron chi connectivity index (χ0n) is 38.9. The Bertz CT molecular complexity index is 1840. The van der Waals surface area contributed by atoms with Gasteiger partial charge in [-0.05, 0) is 115 Å². The summed E-state index contributed by atoms with van der Waals surface area (Å²) < 4.78 is 66.8. The number of hydrogen-bond donors (Lipinski definition) is 0. The first-order chi connectivity index (χ1) is 31.8. The van der Waals surface area contributed by atoms with Gasteiger partial charge in [0.15, 0.2) is 6.29 Å². The molecule has 4 aliphatic heterocycles. The third-order valence-corrected chi connectivity index (χ3v) is 13.3. The Hall–Kier alpha value is -1.69. The molecule has 0 amide bonds. The Kier molecular flexibility index (Phi) is 28.4. The van der Waals surface area contributed by atoms with E-state index in [0.29, 0.717) is 92.6 Å². The minimum absolute atomic E-state index is 0. The van der Waals surface area contributed by atoms with E-state index in [-0.39, 0.29) is 44.3 Å². The van der Waals surface area contributed by atoms with Crippen LogP contribution in [0.25, 0.3) is 0 Å². The molecule has 4 aromatic carbocycles. The number of alkyl halides is 2. The van der Waals surface area contributed by atoms with Crippen LogP contribution in [-0.2, 0) is 33.2 Å². The molecule has 0 fully saturated rings. The molecular formula is C52H68I2O11U. The van der Waals surface area contributed by atoms with Crippen LogP contribution < -0.4 is 18.9 Å². The van der Waals surface area contributed by atoms with E-state index in [1.807, 2.05) is 62.4 Å². The summed E-state index contributed by atoms with van der Waals surface area (Å²) in [5, 5.41) is 0. The molecule has 4 aromatic rings. The first-order valence-electron chi connectivity index (χ1n) is 22.8. The van der Waals surface area contributed by atoms with E-state index in [0.717, 1.165) is 35.2 Å². The van der Waals surface area contributed by atoms with Gasteiger partial charge in [0, 0.05) is 8.35 Å². The molecule has 14 heteroatoms. The van der Waals surface area contributed by atoms with Crippen LogP contribution in [0.2, 0.25) is 0 Å². The van der Waals surface area contributed by atoms with Crippen LogP contribution in [0.1, 0.15) is 90.9 Å². The Morgan fingerprint density at radius 2 is 1.17 bits per heavy atom. The van der Waals surface area contributed by atoms with Crippen molar-refractivity contribution in [3.63, 3.8) is 0 Å². The fourth-order valence-corrected chi connectivity index (χ4v) is 9.27. The Morgan fingerprint density at radius 1 is 0.667 bits per heavy atom. The summed E-state index contributed by atoms with van der Waals surface area (Å²) in [5.74, 6) is 4.17. The molecule has 0 aliphatic carbocycles. The average molecular weight is 1360 g/mol. The molecule has 7 atom stereocenters. The molecule has 0 N–H and O–H groups in total. The second-order valence-electron chi connectivity index (χ2n) is 15.6. The van der Waals surface area contributed by atoms with Crippen LogP contribution >= 0.6 is 45.2 Å². The van der Waals surface area contributed by atoms with E-state index >= 15 is 0 Å². The van der Waals surface area contributed by atoms with E-state index in [4.69, 9.17) is 52.1 Å². The monoisotopic (exact) mass is 1360 g/mol. The molecule has 66 heavy (non-hydrogen) atoms. The molecule has 0 radical (unpaired) electrons. The van der Waals surface area contributed by atoms with E-state index in [2.05, 4.69) is 114 Å². The van der Waals surface area contributed by atoms with E-state index in [1.165, 1.54) is 22.3 Å². The smallest absolute Gasteiger partial charge is 0.663 e. The number of benzene rings is 4. The van der Waals surface area contributed by atoms with Gasteiger partial charge in [-0.3, -0.25) is 0 Å². The van der Waals surface area contributed by atoms with E-state index < -0.39 is 18.9 Å². The zero-order valence-corrected chi connectivity index (χ0v) is 47.4. The van der Waals surface area contributed by atoms with Crippen LogP contribution in [-0.4, -0.2) is 96.0 Å². The van der Waals surface area contributed by atoms with Crippen LogP contribution in [0.4, 0.5) is 0 Å². The summed E-state index contributed by atoms with van der Waals surface area (Å²) in [6, 6.07) is 33.2. The quantitative estimate of drug-likeness (QED) is 0.0171. The third kappa shape index (κ3) is 20.3. The van der Waals surface area contributed by atoms with Crippen molar-refractivity contribution < 1.29 is 83.2 Å². The van der Waals surface area contributed by atoms with E-state index in [9.17, 15) is 0 Å². The zero-order chi connectivity index (χ0) is 46.1.